The zero-order chi connectivity index (χ0) is 28.4. The van der Waals surface area contributed by atoms with E-state index in [4.69, 9.17) is 4.98 Å². The molecule has 1 fully saturated rings. The third-order valence-electron chi connectivity index (χ3n) is 7.27. The maximum absolute atomic E-state index is 12.9. The van der Waals surface area contributed by atoms with E-state index >= 15 is 0 Å². The van der Waals surface area contributed by atoms with Crippen LogP contribution in [0.3, 0.4) is 0 Å². The summed E-state index contributed by atoms with van der Waals surface area (Å²) in [6, 6.07) is 6.53. The molecule has 1 aromatic carbocycles. The summed E-state index contributed by atoms with van der Waals surface area (Å²) in [5, 5.41) is 16.2. The van der Waals surface area contributed by atoms with Crippen LogP contribution in [-0.2, 0) is 10.0 Å². The van der Waals surface area contributed by atoms with E-state index in [9.17, 15) is 13.5 Å². The normalized spacial score (nSPS) is 18.9. The summed E-state index contributed by atoms with van der Waals surface area (Å²) in [7, 11) is -1.66. The lowest BCUT2D eigenvalue weighted by Crippen LogP contribution is -2.46. The highest BCUT2D eigenvalue weighted by Crippen LogP contribution is 2.29. The average molecular weight is 556 g/mol. The van der Waals surface area contributed by atoms with Crippen LogP contribution in [0.15, 0.2) is 52.7 Å². The Bertz CT molecular complexity index is 1360. The minimum absolute atomic E-state index is 0.0972. The maximum Gasteiger partial charge on any atom is 0.241 e. The van der Waals surface area contributed by atoms with Crippen molar-refractivity contribution < 1.29 is 13.5 Å². The van der Waals surface area contributed by atoms with Gasteiger partial charge in [-0.2, -0.15) is 4.98 Å². The van der Waals surface area contributed by atoms with E-state index in [1.54, 1.807) is 32.0 Å². The van der Waals surface area contributed by atoms with Gasteiger partial charge in [-0.1, -0.05) is 13.0 Å². The Morgan fingerprint density at radius 3 is 2.46 bits per heavy atom. The highest BCUT2D eigenvalue weighted by atomic mass is 32.2. The van der Waals surface area contributed by atoms with Crippen molar-refractivity contribution in [3.8, 4) is 0 Å². The fraction of sp³-hybridized carbons (Fsp3) is 0.500. The molecule has 1 atom stereocenters. The predicted molar refractivity (Wildman–Crippen MR) is 155 cm³/mol. The summed E-state index contributed by atoms with van der Waals surface area (Å²) in [6.07, 6.45) is 5.29. The Labute approximate surface area is 232 Å². The average Bonchev–Trinajstić information content (AvgIpc) is 2.88. The number of nitrogens with one attached hydrogen (secondary N) is 3. The summed E-state index contributed by atoms with van der Waals surface area (Å²) in [6.45, 7) is 13.3. The topological polar surface area (TPSA) is 123 Å². The first-order valence-corrected chi connectivity index (χ1v) is 14.8. The molecule has 4 rings (SSSR count). The lowest BCUT2D eigenvalue weighted by atomic mass is 9.95. The molecule has 1 unspecified atom stereocenters. The minimum Gasteiger partial charge on any atom is -0.394 e. The molecule has 1 aliphatic heterocycles. The van der Waals surface area contributed by atoms with E-state index in [1.165, 1.54) is 11.8 Å². The minimum atomic E-state index is -3.83. The Morgan fingerprint density at radius 2 is 1.79 bits per heavy atom. The van der Waals surface area contributed by atoms with E-state index in [1.807, 2.05) is 13.8 Å². The van der Waals surface area contributed by atoms with E-state index < -0.39 is 15.6 Å². The number of aryl methyl sites for hydroxylation is 1. The van der Waals surface area contributed by atoms with Crippen LogP contribution >= 0.6 is 0 Å². The number of piperazine rings is 1. The van der Waals surface area contributed by atoms with Crippen LogP contribution in [0.4, 0.5) is 17.5 Å². The van der Waals surface area contributed by atoms with Crippen LogP contribution in [0.5, 0.6) is 0 Å². The predicted octanol–water partition coefficient (Wildman–Crippen LogP) is 3.35. The summed E-state index contributed by atoms with van der Waals surface area (Å²) in [5.41, 5.74) is 3.73. The molecule has 2 heterocycles. The van der Waals surface area contributed by atoms with Gasteiger partial charge in [-0.15, -0.1) is 0 Å². The number of benzene rings is 1. The van der Waals surface area contributed by atoms with Gasteiger partial charge in [0.15, 0.2) is 0 Å². The summed E-state index contributed by atoms with van der Waals surface area (Å²) in [5.74, 6) is 1.38. The number of hydrogen-bond acceptors (Lipinski definition) is 9. The molecule has 1 saturated heterocycles. The second-order valence-electron chi connectivity index (χ2n) is 11.2. The van der Waals surface area contributed by atoms with Gasteiger partial charge in [0.05, 0.1) is 17.0 Å². The summed E-state index contributed by atoms with van der Waals surface area (Å²) in [4.78, 5) is 14.3. The van der Waals surface area contributed by atoms with Gasteiger partial charge in [-0.25, -0.2) is 18.1 Å². The standard InChI is InChI=1S/C28H41N7O3S/c1-19-16-23(35-14-12-34(6)13-15-35)10-11-25(19)31-27-29-21(3)20(2)26(32-27)30-22-8-7-9-24(17-22)39(37,38)33-28(4,5)18-36/h7-11,17,19,33,36H,12-16,18H2,1-6H3,(H2,29,30,31,32). The smallest absolute Gasteiger partial charge is 0.241 e. The van der Waals surface area contributed by atoms with Crippen molar-refractivity contribution in [1.29, 1.82) is 0 Å². The number of hydrogen-bond donors (Lipinski definition) is 4. The Balaban J connectivity index is 1.52. The molecule has 0 spiro atoms. The fourth-order valence-electron chi connectivity index (χ4n) is 4.60. The molecule has 2 aromatic rings. The van der Waals surface area contributed by atoms with Crippen LogP contribution in [0.25, 0.3) is 0 Å². The molecule has 1 aliphatic carbocycles. The van der Waals surface area contributed by atoms with E-state index in [0.29, 0.717) is 23.4 Å². The van der Waals surface area contributed by atoms with Crippen molar-refractivity contribution in [1.82, 2.24) is 24.5 Å². The Kier molecular flexibility index (Phi) is 8.65. The number of allylic oxidation sites excluding steroid dienone is 4. The Morgan fingerprint density at radius 1 is 1.08 bits per heavy atom. The number of rotatable bonds is 9. The van der Waals surface area contributed by atoms with Crippen molar-refractivity contribution in [2.75, 3.05) is 50.5 Å². The van der Waals surface area contributed by atoms with Crippen molar-refractivity contribution in [2.45, 2.75) is 51.5 Å². The van der Waals surface area contributed by atoms with Gasteiger partial charge in [-0.05, 0) is 71.5 Å². The molecule has 39 heavy (non-hydrogen) atoms. The van der Waals surface area contributed by atoms with E-state index in [-0.39, 0.29) is 11.5 Å². The Hall–Kier alpha value is -2.99. The van der Waals surface area contributed by atoms with E-state index in [0.717, 1.165) is 49.6 Å². The van der Waals surface area contributed by atoms with E-state index in [2.05, 4.69) is 56.3 Å². The molecular weight excluding hydrogens is 514 g/mol. The molecule has 11 heteroatoms. The lowest BCUT2D eigenvalue weighted by molar-refractivity contribution is 0.179. The second kappa shape index (κ2) is 11.6. The third kappa shape index (κ3) is 7.16. The maximum atomic E-state index is 12.9. The van der Waals surface area contributed by atoms with Crippen LogP contribution in [0.1, 0.15) is 38.4 Å². The zero-order valence-electron chi connectivity index (χ0n) is 23.7. The van der Waals surface area contributed by atoms with Crippen LogP contribution < -0.4 is 15.4 Å². The third-order valence-corrected chi connectivity index (χ3v) is 8.97. The van der Waals surface area contributed by atoms with Crippen LogP contribution in [-0.4, -0.2) is 78.7 Å². The van der Waals surface area contributed by atoms with Crippen molar-refractivity contribution in [3.05, 3.63) is 59.1 Å². The van der Waals surface area contributed by atoms with Gasteiger partial charge in [0, 0.05) is 60.4 Å². The highest BCUT2D eigenvalue weighted by Gasteiger charge is 2.26. The lowest BCUT2D eigenvalue weighted by Gasteiger charge is -2.37. The quantitative estimate of drug-likeness (QED) is 0.369. The van der Waals surface area contributed by atoms with Crippen molar-refractivity contribution >= 4 is 27.5 Å². The van der Waals surface area contributed by atoms with Gasteiger partial charge < -0.3 is 25.5 Å². The first-order valence-electron chi connectivity index (χ1n) is 13.4. The van der Waals surface area contributed by atoms with Gasteiger partial charge >= 0.3 is 0 Å². The van der Waals surface area contributed by atoms with Crippen LogP contribution in [0.2, 0.25) is 0 Å². The fourth-order valence-corrected chi connectivity index (χ4v) is 6.05. The number of aromatic nitrogens is 2. The number of aliphatic hydroxyl groups excluding tert-OH is 1. The van der Waals surface area contributed by atoms with Crippen molar-refractivity contribution in [2.24, 2.45) is 5.92 Å². The molecule has 1 aromatic heterocycles. The zero-order valence-corrected chi connectivity index (χ0v) is 24.6. The molecule has 0 radical (unpaired) electrons. The molecule has 212 valence electrons. The second-order valence-corrected chi connectivity index (χ2v) is 12.9. The van der Waals surface area contributed by atoms with Crippen LogP contribution in [0, 0.1) is 19.8 Å². The van der Waals surface area contributed by atoms with Gasteiger partial charge in [0.2, 0.25) is 16.0 Å². The van der Waals surface area contributed by atoms with Crippen molar-refractivity contribution in [3.63, 3.8) is 0 Å². The monoisotopic (exact) mass is 555 g/mol. The largest absolute Gasteiger partial charge is 0.394 e. The molecule has 0 bridgehead atoms. The number of aliphatic hydroxyl groups is 1. The first-order chi connectivity index (χ1) is 18.4. The molecular formula is C28H41N7O3S. The van der Waals surface area contributed by atoms with Gasteiger partial charge in [0.1, 0.15) is 5.82 Å². The van der Waals surface area contributed by atoms with Gasteiger partial charge in [-0.3, -0.25) is 0 Å². The molecule has 0 saturated carbocycles. The molecule has 10 nitrogen and oxygen atoms in total. The summed E-state index contributed by atoms with van der Waals surface area (Å²) < 4.78 is 28.3. The van der Waals surface area contributed by atoms with Gasteiger partial charge in [0.25, 0.3) is 0 Å². The number of likely N-dealkylation sites (N-methyl/N-ethyl adjacent to an activating group) is 1. The number of nitrogens with zero attached hydrogens (tertiary/aromatic N) is 4. The number of anilines is 3. The number of sulfonamides is 1. The molecule has 2 aliphatic rings. The first kappa shape index (κ1) is 29.0. The summed E-state index contributed by atoms with van der Waals surface area (Å²) >= 11 is 0. The SMILES string of the molecule is Cc1nc(NC2=CC=C(N3CCN(C)CC3)CC2C)nc(Nc2cccc(S(=O)(=O)NC(C)(C)CO)c2)c1C. The molecule has 0 amide bonds. The highest BCUT2D eigenvalue weighted by molar-refractivity contribution is 7.89. The molecule has 4 N–H and O–H groups in total.